The topological polar surface area (TPSA) is 104 Å². The molecule has 3 N–H and O–H groups in total. The predicted octanol–water partition coefficient (Wildman–Crippen LogP) is 2.23. The van der Waals surface area contributed by atoms with Gasteiger partial charge in [-0.05, 0) is 57.5 Å². The van der Waals surface area contributed by atoms with Crippen LogP contribution in [0.3, 0.4) is 0 Å². The number of aryl methyl sites for hydroxylation is 1. The van der Waals surface area contributed by atoms with E-state index in [2.05, 4.69) is 15.4 Å². The van der Waals surface area contributed by atoms with Gasteiger partial charge in [-0.3, -0.25) is 9.59 Å². The monoisotopic (exact) mass is 417 g/mol. The van der Waals surface area contributed by atoms with Crippen LogP contribution >= 0.6 is 0 Å². The van der Waals surface area contributed by atoms with E-state index in [0.717, 1.165) is 0 Å². The molecule has 2 aromatic carbocycles. The van der Waals surface area contributed by atoms with Gasteiger partial charge in [-0.25, -0.2) is 13.1 Å². The van der Waals surface area contributed by atoms with Gasteiger partial charge in [0.15, 0.2) is 0 Å². The Balaban J connectivity index is 1.99. The Morgan fingerprint density at radius 2 is 1.48 bits per heavy atom. The third-order valence-electron chi connectivity index (χ3n) is 3.94. The van der Waals surface area contributed by atoms with Crippen LogP contribution in [0.5, 0.6) is 0 Å². The molecular weight excluding hydrogens is 390 g/mol. The van der Waals surface area contributed by atoms with Crippen molar-refractivity contribution in [3.8, 4) is 0 Å². The largest absolute Gasteiger partial charge is 0.350 e. The minimum Gasteiger partial charge on any atom is -0.350 e. The minimum atomic E-state index is -3.74. The van der Waals surface area contributed by atoms with Crippen LogP contribution in [0.25, 0.3) is 0 Å². The highest BCUT2D eigenvalue weighted by molar-refractivity contribution is 7.89. The van der Waals surface area contributed by atoms with E-state index in [0.29, 0.717) is 11.1 Å². The van der Waals surface area contributed by atoms with Gasteiger partial charge in [-0.15, -0.1) is 0 Å². The van der Waals surface area contributed by atoms with Crippen LogP contribution in [-0.2, 0) is 10.0 Å². The van der Waals surface area contributed by atoms with Crippen LogP contribution < -0.4 is 15.4 Å². The first-order valence-corrected chi connectivity index (χ1v) is 10.7. The zero-order chi connectivity index (χ0) is 21.7. The summed E-state index contributed by atoms with van der Waals surface area (Å²) < 4.78 is 27.6. The molecule has 156 valence electrons. The van der Waals surface area contributed by atoms with E-state index in [-0.39, 0.29) is 29.5 Å². The Morgan fingerprint density at radius 3 is 2.07 bits per heavy atom. The van der Waals surface area contributed by atoms with Crippen molar-refractivity contribution < 1.29 is 18.0 Å². The first-order chi connectivity index (χ1) is 13.5. The average Bonchev–Trinajstić information content (AvgIpc) is 2.63. The maximum Gasteiger partial charge on any atom is 0.251 e. The average molecular weight is 418 g/mol. The molecule has 0 heterocycles. The molecule has 0 bridgehead atoms. The molecule has 8 heteroatoms. The molecule has 0 saturated heterocycles. The summed E-state index contributed by atoms with van der Waals surface area (Å²) in [6.07, 6.45) is 0. The van der Waals surface area contributed by atoms with Crippen molar-refractivity contribution in [3.05, 3.63) is 65.2 Å². The molecular formula is C21H27N3O4S. The third-order valence-corrected chi connectivity index (χ3v) is 5.69. The second kappa shape index (κ2) is 9.19. The number of benzene rings is 2. The number of hydrogen-bond donors (Lipinski definition) is 3. The molecule has 0 saturated carbocycles. The van der Waals surface area contributed by atoms with Gasteiger partial charge >= 0.3 is 0 Å². The standard InChI is InChI=1S/C21H27N3O4S/c1-15-10-11-17(29(27,28)24-21(2,3)4)14-18(15)20(26)23-13-12-22-19(25)16-8-6-5-7-9-16/h5-11,14,24H,12-13H2,1-4H3,(H,22,25)(H,23,26). The Labute approximate surface area is 172 Å². The predicted molar refractivity (Wildman–Crippen MR) is 112 cm³/mol. The first kappa shape index (κ1) is 22.6. The van der Waals surface area contributed by atoms with Gasteiger partial charge in [0.1, 0.15) is 0 Å². The van der Waals surface area contributed by atoms with Crippen molar-refractivity contribution >= 4 is 21.8 Å². The van der Waals surface area contributed by atoms with Crippen molar-refractivity contribution in [3.63, 3.8) is 0 Å². The van der Waals surface area contributed by atoms with Crippen LogP contribution in [-0.4, -0.2) is 38.9 Å². The molecule has 0 spiro atoms. The second-order valence-electron chi connectivity index (χ2n) is 7.71. The third kappa shape index (κ3) is 6.69. The highest BCUT2D eigenvalue weighted by Gasteiger charge is 2.23. The zero-order valence-electron chi connectivity index (χ0n) is 17.1. The van der Waals surface area contributed by atoms with Gasteiger partial charge in [0.05, 0.1) is 4.90 Å². The number of rotatable bonds is 7. The minimum absolute atomic E-state index is 0.0283. The van der Waals surface area contributed by atoms with Crippen molar-refractivity contribution in [1.82, 2.24) is 15.4 Å². The van der Waals surface area contributed by atoms with E-state index in [1.807, 2.05) is 6.07 Å². The fraction of sp³-hybridized carbons (Fsp3) is 0.333. The summed E-state index contributed by atoms with van der Waals surface area (Å²) in [5.74, 6) is -0.623. The maximum absolute atomic E-state index is 12.5. The lowest BCUT2D eigenvalue weighted by atomic mass is 10.1. The summed E-state index contributed by atoms with van der Waals surface area (Å²) in [6.45, 7) is 7.44. The number of amides is 2. The van der Waals surface area contributed by atoms with Gasteiger partial charge < -0.3 is 10.6 Å². The van der Waals surface area contributed by atoms with Crippen LogP contribution in [0.15, 0.2) is 53.4 Å². The summed E-state index contributed by atoms with van der Waals surface area (Å²) in [7, 11) is -3.74. The Kier molecular flexibility index (Phi) is 7.16. The number of carbonyl (C=O) groups excluding carboxylic acids is 2. The summed E-state index contributed by atoms with van der Waals surface area (Å²) >= 11 is 0. The van der Waals surface area contributed by atoms with Gasteiger partial charge in [0.2, 0.25) is 10.0 Å². The van der Waals surface area contributed by atoms with Crippen LogP contribution in [0.1, 0.15) is 47.1 Å². The first-order valence-electron chi connectivity index (χ1n) is 9.26. The van der Waals surface area contributed by atoms with Gasteiger partial charge in [0, 0.05) is 29.8 Å². The molecule has 2 rings (SSSR count). The van der Waals surface area contributed by atoms with E-state index >= 15 is 0 Å². The van der Waals surface area contributed by atoms with Crippen LogP contribution in [0.2, 0.25) is 0 Å². The number of nitrogens with one attached hydrogen (secondary N) is 3. The van der Waals surface area contributed by atoms with Crippen LogP contribution in [0, 0.1) is 6.92 Å². The molecule has 0 radical (unpaired) electrons. The summed E-state index contributed by atoms with van der Waals surface area (Å²) in [5, 5.41) is 5.43. The van der Waals surface area contributed by atoms with E-state index in [9.17, 15) is 18.0 Å². The lowest BCUT2D eigenvalue weighted by Gasteiger charge is -2.20. The fourth-order valence-corrected chi connectivity index (χ4v) is 4.06. The highest BCUT2D eigenvalue weighted by atomic mass is 32.2. The fourth-order valence-electron chi connectivity index (χ4n) is 2.61. The zero-order valence-corrected chi connectivity index (χ0v) is 17.9. The smallest absolute Gasteiger partial charge is 0.251 e. The van der Waals surface area contributed by atoms with Crippen molar-refractivity contribution in [2.45, 2.75) is 38.1 Å². The highest BCUT2D eigenvalue weighted by Crippen LogP contribution is 2.17. The quantitative estimate of drug-likeness (QED) is 0.601. The Bertz CT molecular complexity index is 981. The molecule has 29 heavy (non-hydrogen) atoms. The summed E-state index contributed by atoms with van der Waals surface area (Å²) in [5.41, 5.74) is 0.837. The van der Waals surface area contributed by atoms with Crippen molar-refractivity contribution in [2.24, 2.45) is 0 Å². The van der Waals surface area contributed by atoms with Gasteiger partial charge in [-0.2, -0.15) is 0 Å². The molecule has 0 aliphatic rings. The van der Waals surface area contributed by atoms with E-state index < -0.39 is 21.5 Å². The lowest BCUT2D eigenvalue weighted by molar-refractivity contribution is 0.0927. The molecule has 7 nitrogen and oxygen atoms in total. The molecule has 0 aromatic heterocycles. The molecule has 0 atom stereocenters. The van der Waals surface area contributed by atoms with Crippen molar-refractivity contribution in [2.75, 3.05) is 13.1 Å². The molecule has 0 aliphatic heterocycles. The molecule has 0 unspecified atom stereocenters. The number of sulfonamides is 1. The second-order valence-corrected chi connectivity index (χ2v) is 9.39. The van der Waals surface area contributed by atoms with E-state index in [1.165, 1.54) is 12.1 Å². The molecule has 2 amide bonds. The van der Waals surface area contributed by atoms with Gasteiger partial charge in [-0.1, -0.05) is 24.3 Å². The number of hydrogen-bond acceptors (Lipinski definition) is 4. The lowest BCUT2D eigenvalue weighted by Crippen LogP contribution is -2.40. The van der Waals surface area contributed by atoms with Gasteiger partial charge in [0.25, 0.3) is 11.8 Å². The number of carbonyl (C=O) groups is 2. The Morgan fingerprint density at radius 1 is 0.897 bits per heavy atom. The van der Waals surface area contributed by atoms with Crippen LogP contribution in [0.4, 0.5) is 0 Å². The Hall–Kier alpha value is -2.71. The van der Waals surface area contributed by atoms with Crippen molar-refractivity contribution in [1.29, 1.82) is 0 Å². The molecule has 0 aliphatic carbocycles. The molecule has 0 fully saturated rings. The maximum atomic E-state index is 12.5. The molecule has 2 aromatic rings. The SMILES string of the molecule is Cc1ccc(S(=O)(=O)NC(C)(C)C)cc1C(=O)NCCNC(=O)c1ccccc1. The summed E-state index contributed by atoms with van der Waals surface area (Å²) in [4.78, 5) is 24.5. The van der Waals surface area contributed by atoms with E-state index in [1.54, 1.807) is 58.0 Å². The van der Waals surface area contributed by atoms with E-state index in [4.69, 9.17) is 0 Å². The summed E-state index contributed by atoms with van der Waals surface area (Å²) in [6, 6.07) is 13.2. The normalized spacial score (nSPS) is 11.7.